The highest BCUT2D eigenvalue weighted by atomic mass is 35.5. The van der Waals surface area contributed by atoms with E-state index in [1.807, 2.05) is 13.8 Å². The third kappa shape index (κ3) is 3.77. The van der Waals surface area contributed by atoms with E-state index in [1.165, 1.54) is 0 Å². The molecule has 4 nitrogen and oxygen atoms in total. The number of nitrogens with one attached hydrogen (secondary N) is 1. The van der Waals surface area contributed by atoms with Crippen LogP contribution in [0, 0.1) is 0 Å². The van der Waals surface area contributed by atoms with Gasteiger partial charge in [-0.3, -0.25) is 0 Å². The van der Waals surface area contributed by atoms with Crippen LogP contribution in [0.5, 0.6) is 11.5 Å². The standard InChI is InChI=1S/C13H20ClNO3/c1-8(2)18-13-10(11(16)7-15-3)5-9(14)6-12(13)17-4/h5-6,8,11,15-16H,7H2,1-4H3. The summed E-state index contributed by atoms with van der Waals surface area (Å²) in [6.45, 7) is 4.25. The van der Waals surface area contributed by atoms with Crippen molar-refractivity contribution in [2.24, 2.45) is 0 Å². The van der Waals surface area contributed by atoms with Gasteiger partial charge in [-0.05, 0) is 27.0 Å². The van der Waals surface area contributed by atoms with Crippen molar-refractivity contribution in [2.45, 2.75) is 26.1 Å². The van der Waals surface area contributed by atoms with Gasteiger partial charge in [0.05, 0.1) is 19.3 Å². The van der Waals surface area contributed by atoms with Crippen LogP contribution in [-0.4, -0.2) is 31.9 Å². The molecule has 0 spiro atoms. The molecule has 0 aliphatic rings. The molecule has 0 aliphatic heterocycles. The number of likely N-dealkylation sites (N-methyl/N-ethyl adjacent to an activating group) is 1. The Kier molecular flexibility index (Phi) is 5.72. The minimum Gasteiger partial charge on any atom is -0.493 e. The van der Waals surface area contributed by atoms with Crippen molar-refractivity contribution in [1.82, 2.24) is 5.32 Å². The maximum Gasteiger partial charge on any atom is 0.167 e. The second kappa shape index (κ2) is 6.83. The lowest BCUT2D eigenvalue weighted by Crippen LogP contribution is -2.18. The summed E-state index contributed by atoms with van der Waals surface area (Å²) in [7, 11) is 3.32. The van der Waals surface area contributed by atoms with Gasteiger partial charge in [0, 0.05) is 23.2 Å². The summed E-state index contributed by atoms with van der Waals surface area (Å²) < 4.78 is 11.0. The first kappa shape index (κ1) is 15.1. The van der Waals surface area contributed by atoms with Gasteiger partial charge in [-0.2, -0.15) is 0 Å². The predicted octanol–water partition coefficient (Wildman–Crippen LogP) is 2.39. The summed E-state index contributed by atoms with van der Waals surface area (Å²) in [5.41, 5.74) is 0.627. The predicted molar refractivity (Wildman–Crippen MR) is 72.7 cm³/mol. The van der Waals surface area contributed by atoms with E-state index in [0.29, 0.717) is 28.6 Å². The molecule has 1 rings (SSSR count). The van der Waals surface area contributed by atoms with Gasteiger partial charge in [0.25, 0.3) is 0 Å². The number of methoxy groups -OCH3 is 1. The van der Waals surface area contributed by atoms with Crippen molar-refractivity contribution in [1.29, 1.82) is 0 Å². The van der Waals surface area contributed by atoms with Gasteiger partial charge >= 0.3 is 0 Å². The lowest BCUT2D eigenvalue weighted by Gasteiger charge is -2.20. The molecule has 0 saturated carbocycles. The molecule has 0 amide bonds. The summed E-state index contributed by atoms with van der Waals surface area (Å²) in [5, 5.41) is 13.5. The quantitative estimate of drug-likeness (QED) is 0.836. The molecule has 0 aromatic heterocycles. The van der Waals surface area contributed by atoms with Crippen molar-refractivity contribution in [3.8, 4) is 11.5 Å². The smallest absolute Gasteiger partial charge is 0.167 e. The molecular weight excluding hydrogens is 254 g/mol. The third-order valence-electron chi connectivity index (χ3n) is 2.38. The minimum absolute atomic E-state index is 0.0133. The van der Waals surface area contributed by atoms with Crippen LogP contribution in [0.2, 0.25) is 5.02 Å². The topological polar surface area (TPSA) is 50.7 Å². The first-order valence-electron chi connectivity index (χ1n) is 5.86. The van der Waals surface area contributed by atoms with Crippen LogP contribution in [0.25, 0.3) is 0 Å². The lowest BCUT2D eigenvalue weighted by molar-refractivity contribution is 0.163. The number of aliphatic hydroxyl groups is 1. The average molecular weight is 274 g/mol. The Bertz CT molecular complexity index is 396. The largest absolute Gasteiger partial charge is 0.493 e. The Morgan fingerprint density at radius 1 is 1.39 bits per heavy atom. The molecule has 1 aromatic rings. The maximum atomic E-state index is 10.1. The molecule has 102 valence electrons. The normalized spacial score (nSPS) is 12.6. The zero-order valence-corrected chi connectivity index (χ0v) is 11.9. The Morgan fingerprint density at radius 2 is 2.06 bits per heavy atom. The van der Waals surface area contributed by atoms with E-state index in [4.69, 9.17) is 21.1 Å². The Balaban J connectivity index is 3.22. The van der Waals surface area contributed by atoms with Crippen molar-refractivity contribution in [3.63, 3.8) is 0 Å². The van der Waals surface area contributed by atoms with Crippen molar-refractivity contribution >= 4 is 11.6 Å². The fourth-order valence-corrected chi connectivity index (χ4v) is 1.87. The van der Waals surface area contributed by atoms with Gasteiger partial charge in [-0.25, -0.2) is 0 Å². The molecule has 0 heterocycles. The van der Waals surface area contributed by atoms with Gasteiger partial charge in [0.2, 0.25) is 0 Å². The van der Waals surface area contributed by atoms with Gasteiger partial charge in [-0.15, -0.1) is 0 Å². The molecule has 0 fully saturated rings. The van der Waals surface area contributed by atoms with E-state index in [1.54, 1.807) is 26.3 Å². The van der Waals surface area contributed by atoms with Gasteiger partial charge < -0.3 is 19.9 Å². The molecule has 5 heteroatoms. The van der Waals surface area contributed by atoms with Gasteiger partial charge in [0.15, 0.2) is 11.5 Å². The number of rotatable bonds is 6. The Hall–Kier alpha value is -0.970. The van der Waals surface area contributed by atoms with Crippen LogP contribution >= 0.6 is 11.6 Å². The van der Waals surface area contributed by atoms with E-state index in [0.717, 1.165) is 0 Å². The highest BCUT2D eigenvalue weighted by molar-refractivity contribution is 6.30. The molecule has 2 N–H and O–H groups in total. The zero-order chi connectivity index (χ0) is 13.7. The number of benzene rings is 1. The van der Waals surface area contributed by atoms with Crippen LogP contribution in [0.3, 0.4) is 0 Å². The molecule has 1 aromatic carbocycles. The molecule has 0 bridgehead atoms. The summed E-state index contributed by atoms with van der Waals surface area (Å²) in [6, 6.07) is 3.37. The zero-order valence-electron chi connectivity index (χ0n) is 11.2. The van der Waals surface area contributed by atoms with E-state index in [9.17, 15) is 5.11 Å². The molecule has 0 saturated heterocycles. The fraction of sp³-hybridized carbons (Fsp3) is 0.538. The van der Waals surface area contributed by atoms with E-state index >= 15 is 0 Å². The fourth-order valence-electron chi connectivity index (χ4n) is 1.65. The van der Waals surface area contributed by atoms with Crippen LogP contribution in [0.4, 0.5) is 0 Å². The van der Waals surface area contributed by atoms with E-state index in [-0.39, 0.29) is 6.10 Å². The monoisotopic (exact) mass is 273 g/mol. The molecule has 1 atom stereocenters. The SMILES string of the molecule is CNCC(O)c1cc(Cl)cc(OC)c1OC(C)C. The Morgan fingerprint density at radius 3 is 2.56 bits per heavy atom. The third-order valence-corrected chi connectivity index (χ3v) is 2.60. The Labute approximate surface area is 113 Å². The number of hydrogen-bond acceptors (Lipinski definition) is 4. The highest BCUT2D eigenvalue weighted by Crippen LogP contribution is 2.38. The molecule has 0 aliphatic carbocycles. The minimum atomic E-state index is -0.698. The van der Waals surface area contributed by atoms with Gasteiger partial charge in [-0.1, -0.05) is 11.6 Å². The second-order valence-corrected chi connectivity index (χ2v) is 4.70. The van der Waals surface area contributed by atoms with Crippen LogP contribution in [0.15, 0.2) is 12.1 Å². The molecule has 1 unspecified atom stereocenters. The second-order valence-electron chi connectivity index (χ2n) is 4.27. The molecule has 0 radical (unpaired) electrons. The van der Waals surface area contributed by atoms with Crippen LogP contribution in [-0.2, 0) is 0 Å². The first-order valence-corrected chi connectivity index (χ1v) is 6.24. The number of ether oxygens (including phenoxy) is 2. The van der Waals surface area contributed by atoms with Crippen molar-refractivity contribution in [2.75, 3.05) is 20.7 Å². The van der Waals surface area contributed by atoms with E-state index < -0.39 is 6.10 Å². The van der Waals surface area contributed by atoms with Gasteiger partial charge in [0.1, 0.15) is 0 Å². The van der Waals surface area contributed by atoms with Crippen LogP contribution < -0.4 is 14.8 Å². The number of halogens is 1. The lowest BCUT2D eigenvalue weighted by atomic mass is 10.1. The average Bonchev–Trinajstić information content (AvgIpc) is 2.30. The summed E-state index contributed by atoms with van der Waals surface area (Å²) >= 11 is 6.01. The first-order chi connectivity index (χ1) is 8.49. The van der Waals surface area contributed by atoms with E-state index in [2.05, 4.69) is 5.32 Å². The molecule has 18 heavy (non-hydrogen) atoms. The van der Waals surface area contributed by atoms with Crippen LogP contribution in [0.1, 0.15) is 25.5 Å². The highest BCUT2D eigenvalue weighted by Gasteiger charge is 2.19. The van der Waals surface area contributed by atoms with Crippen molar-refractivity contribution < 1.29 is 14.6 Å². The number of aliphatic hydroxyl groups excluding tert-OH is 1. The summed E-state index contributed by atoms with van der Waals surface area (Å²) in [5.74, 6) is 1.07. The maximum absolute atomic E-state index is 10.1. The van der Waals surface area contributed by atoms with Crippen molar-refractivity contribution in [3.05, 3.63) is 22.7 Å². The number of hydrogen-bond donors (Lipinski definition) is 2. The molecular formula is C13H20ClNO3. The summed E-state index contributed by atoms with van der Waals surface area (Å²) in [6.07, 6.45) is -0.711. The summed E-state index contributed by atoms with van der Waals surface area (Å²) in [4.78, 5) is 0.